The number of rotatable bonds is 6. The van der Waals surface area contributed by atoms with Crippen molar-refractivity contribution < 1.29 is 27.9 Å². The van der Waals surface area contributed by atoms with Crippen molar-refractivity contribution in [1.29, 1.82) is 0 Å². The van der Waals surface area contributed by atoms with Gasteiger partial charge in [0.15, 0.2) is 0 Å². The van der Waals surface area contributed by atoms with E-state index in [-0.39, 0.29) is 17.9 Å². The van der Waals surface area contributed by atoms with Crippen molar-refractivity contribution in [2.75, 3.05) is 13.1 Å². The van der Waals surface area contributed by atoms with Crippen molar-refractivity contribution >= 4 is 29.1 Å². The molecule has 7 nitrogen and oxygen atoms in total. The van der Waals surface area contributed by atoms with E-state index in [1.807, 2.05) is 13.8 Å². The number of hydrogen-bond acceptors (Lipinski definition) is 5. The zero-order valence-corrected chi connectivity index (χ0v) is 18.6. The lowest BCUT2D eigenvalue weighted by atomic mass is 9.96. The molecule has 1 aromatic carbocycles. The van der Waals surface area contributed by atoms with Crippen LogP contribution in [0, 0.1) is 12.8 Å². The first kappa shape index (κ1) is 23.6. The summed E-state index contributed by atoms with van der Waals surface area (Å²) in [5.74, 6) is -2.02. The maximum absolute atomic E-state index is 12.9. The molecular weight excluding hydrogens is 440 g/mol. The van der Waals surface area contributed by atoms with Gasteiger partial charge in [0.2, 0.25) is 5.91 Å². The molecule has 172 valence electrons. The highest BCUT2D eigenvalue weighted by Crippen LogP contribution is 2.25. The summed E-state index contributed by atoms with van der Waals surface area (Å²) in [6.07, 6.45) is 1.94. The van der Waals surface area contributed by atoms with Crippen LogP contribution in [0.2, 0.25) is 0 Å². The van der Waals surface area contributed by atoms with Gasteiger partial charge in [0.25, 0.3) is 11.8 Å². The highest BCUT2D eigenvalue weighted by molar-refractivity contribution is 7.14. The molecule has 1 unspecified atom stereocenters. The fraction of sp³-hybridized carbons (Fsp3) is 0.409. The summed E-state index contributed by atoms with van der Waals surface area (Å²) < 4.78 is 29.8. The van der Waals surface area contributed by atoms with E-state index in [2.05, 4.69) is 15.6 Å². The van der Waals surface area contributed by atoms with Gasteiger partial charge in [-0.3, -0.25) is 25.2 Å². The molecule has 3 rings (SSSR count). The van der Waals surface area contributed by atoms with Crippen LogP contribution >= 0.6 is 11.3 Å². The van der Waals surface area contributed by atoms with Crippen molar-refractivity contribution in [3.63, 3.8) is 0 Å². The molecule has 2 N–H and O–H groups in total. The highest BCUT2D eigenvalue weighted by atomic mass is 32.1. The van der Waals surface area contributed by atoms with Crippen molar-refractivity contribution in [2.45, 2.75) is 39.7 Å². The Morgan fingerprint density at radius 1 is 1.25 bits per heavy atom. The van der Waals surface area contributed by atoms with Gasteiger partial charge in [-0.1, -0.05) is 19.1 Å². The van der Waals surface area contributed by atoms with Crippen LogP contribution in [0.5, 0.6) is 5.75 Å². The van der Waals surface area contributed by atoms with E-state index in [0.29, 0.717) is 24.3 Å². The third-order valence-electron chi connectivity index (χ3n) is 5.28. The number of amides is 3. The smallest absolute Gasteiger partial charge is 0.387 e. The fourth-order valence-electron chi connectivity index (χ4n) is 3.65. The Kier molecular flexibility index (Phi) is 7.79. The predicted octanol–water partition coefficient (Wildman–Crippen LogP) is 3.53. The van der Waals surface area contributed by atoms with Gasteiger partial charge in [-0.25, -0.2) is 0 Å². The van der Waals surface area contributed by atoms with Gasteiger partial charge in [-0.05, 0) is 49.9 Å². The Bertz CT molecular complexity index is 995. The minimum Gasteiger partial charge on any atom is -0.434 e. The van der Waals surface area contributed by atoms with Gasteiger partial charge < -0.3 is 9.64 Å². The van der Waals surface area contributed by atoms with Crippen LogP contribution in [-0.2, 0) is 11.2 Å². The van der Waals surface area contributed by atoms with Crippen LogP contribution in [0.25, 0.3) is 0 Å². The molecule has 1 saturated heterocycles. The zero-order valence-electron chi connectivity index (χ0n) is 17.8. The van der Waals surface area contributed by atoms with Crippen LogP contribution in [0.15, 0.2) is 30.3 Å². The van der Waals surface area contributed by atoms with E-state index < -0.39 is 30.3 Å². The largest absolute Gasteiger partial charge is 0.434 e. The molecule has 0 spiro atoms. The number of likely N-dealkylation sites (tertiary alicyclic amines) is 1. The summed E-state index contributed by atoms with van der Waals surface area (Å²) in [5, 5.41) is 0. The van der Waals surface area contributed by atoms with E-state index in [4.69, 9.17) is 0 Å². The minimum absolute atomic E-state index is 0.0157. The number of carbonyl (C=O) groups excluding carboxylic acids is 3. The lowest BCUT2D eigenvalue weighted by molar-refractivity contribution is -0.127. The zero-order chi connectivity index (χ0) is 23.3. The lowest BCUT2D eigenvalue weighted by Crippen LogP contribution is -2.50. The number of benzene rings is 1. The standard InChI is InChI=1S/C22H25F2N3O4S/c1-3-17-13(2)11-18(32-17)20(29)26-25-19(28)14-7-6-10-27(12-14)21(30)15-8-4-5-9-16(15)31-22(23)24/h4-5,8-9,11,14,22H,3,6-7,10,12H2,1-2H3,(H,25,28)(H,26,29). The average Bonchev–Trinajstić information content (AvgIpc) is 3.17. The van der Waals surface area contributed by atoms with E-state index >= 15 is 0 Å². The molecule has 1 aliphatic rings. The third kappa shape index (κ3) is 5.61. The molecule has 0 saturated carbocycles. The number of hydrogen-bond donors (Lipinski definition) is 2. The number of halogens is 2. The minimum atomic E-state index is -3.05. The number of nitrogens with zero attached hydrogens (tertiary/aromatic N) is 1. The van der Waals surface area contributed by atoms with Crippen molar-refractivity contribution in [1.82, 2.24) is 15.8 Å². The average molecular weight is 466 g/mol. The predicted molar refractivity (Wildman–Crippen MR) is 116 cm³/mol. The molecular formula is C22H25F2N3O4S. The molecule has 1 aliphatic heterocycles. The maximum Gasteiger partial charge on any atom is 0.387 e. The first-order chi connectivity index (χ1) is 15.3. The van der Waals surface area contributed by atoms with Gasteiger partial charge in [-0.15, -0.1) is 11.3 Å². The molecule has 0 radical (unpaired) electrons. The monoisotopic (exact) mass is 465 g/mol. The second-order valence-electron chi connectivity index (χ2n) is 7.48. The molecule has 10 heteroatoms. The van der Waals surface area contributed by atoms with Crippen molar-refractivity contribution in [3.8, 4) is 5.75 Å². The van der Waals surface area contributed by atoms with E-state index in [1.165, 1.54) is 34.4 Å². The number of piperidine rings is 1. The van der Waals surface area contributed by atoms with Gasteiger partial charge >= 0.3 is 6.61 Å². The maximum atomic E-state index is 12.9. The van der Waals surface area contributed by atoms with E-state index in [9.17, 15) is 23.2 Å². The van der Waals surface area contributed by atoms with Gasteiger partial charge in [0.1, 0.15) is 5.75 Å². The van der Waals surface area contributed by atoms with Crippen molar-refractivity contribution in [2.24, 2.45) is 5.92 Å². The molecule has 1 fully saturated rings. The number of ether oxygens (including phenoxy) is 1. The second-order valence-corrected chi connectivity index (χ2v) is 8.62. The Morgan fingerprint density at radius 3 is 2.69 bits per heavy atom. The number of alkyl halides is 2. The summed E-state index contributed by atoms with van der Waals surface area (Å²) in [5.41, 5.74) is 5.92. The number of aryl methyl sites for hydroxylation is 2. The van der Waals surface area contributed by atoms with Gasteiger partial charge in [-0.2, -0.15) is 8.78 Å². The Labute approximate surface area is 188 Å². The molecule has 32 heavy (non-hydrogen) atoms. The number of hydrazine groups is 1. The first-order valence-electron chi connectivity index (χ1n) is 10.3. The molecule has 0 bridgehead atoms. The third-order valence-corrected chi connectivity index (χ3v) is 6.66. The molecule has 2 aromatic rings. The van der Waals surface area contributed by atoms with Crippen LogP contribution in [0.4, 0.5) is 8.78 Å². The number of para-hydroxylation sites is 1. The molecule has 3 amide bonds. The number of nitrogens with one attached hydrogen (secondary N) is 2. The quantitative estimate of drug-likeness (QED) is 0.639. The number of carbonyl (C=O) groups is 3. The summed E-state index contributed by atoms with van der Waals surface area (Å²) >= 11 is 1.38. The first-order valence-corrected chi connectivity index (χ1v) is 11.1. The molecule has 1 atom stereocenters. The topological polar surface area (TPSA) is 87.7 Å². The Morgan fingerprint density at radius 2 is 2.00 bits per heavy atom. The fourth-order valence-corrected chi connectivity index (χ4v) is 4.66. The van der Waals surface area contributed by atoms with Crippen LogP contribution in [-0.4, -0.2) is 42.3 Å². The summed E-state index contributed by atoms with van der Waals surface area (Å²) in [6.45, 7) is 1.40. The molecule has 1 aromatic heterocycles. The SMILES string of the molecule is CCc1sc(C(=O)NNC(=O)C2CCCN(C(=O)c3ccccc3OC(F)F)C2)cc1C. The second kappa shape index (κ2) is 10.5. The molecule has 2 heterocycles. The van der Waals surface area contributed by atoms with Crippen LogP contribution in [0.3, 0.4) is 0 Å². The number of thiophene rings is 1. The highest BCUT2D eigenvalue weighted by Gasteiger charge is 2.30. The normalized spacial score (nSPS) is 16.0. The van der Waals surface area contributed by atoms with Gasteiger partial charge in [0.05, 0.1) is 16.4 Å². The summed E-state index contributed by atoms with van der Waals surface area (Å²) in [4.78, 5) is 40.9. The van der Waals surface area contributed by atoms with E-state index in [0.717, 1.165) is 16.9 Å². The van der Waals surface area contributed by atoms with E-state index in [1.54, 1.807) is 12.1 Å². The summed E-state index contributed by atoms with van der Waals surface area (Å²) in [7, 11) is 0. The Balaban J connectivity index is 1.60. The lowest BCUT2D eigenvalue weighted by Gasteiger charge is -2.32. The molecule has 0 aliphatic carbocycles. The van der Waals surface area contributed by atoms with Crippen LogP contribution < -0.4 is 15.6 Å². The summed E-state index contributed by atoms with van der Waals surface area (Å²) in [6, 6.07) is 7.56. The Hall–Kier alpha value is -3.01. The van der Waals surface area contributed by atoms with Crippen LogP contribution in [0.1, 0.15) is 50.2 Å². The van der Waals surface area contributed by atoms with Crippen molar-refractivity contribution in [3.05, 3.63) is 51.2 Å². The van der Waals surface area contributed by atoms with Gasteiger partial charge in [0, 0.05) is 18.0 Å².